The van der Waals surface area contributed by atoms with Gasteiger partial charge in [0.25, 0.3) is 0 Å². The lowest BCUT2D eigenvalue weighted by atomic mass is 9.99. The molecule has 0 saturated heterocycles. The topological polar surface area (TPSA) is 78.9 Å². The summed E-state index contributed by atoms with van der Waals surface area (Å²) < 4.78 is 17.0. The molecule has 0 spiro atoms. The third-order valence-electron chi connectivity index (χ3n) is 16.8. The maximum absolute atomic E-state index is 13.0. The van der Waals surface area contributed by atoms with Crippen molar-refractivity contribution in [2.24, 2.45) is 11.8 Å². The lowest BCUT2D eigenvalue weighted by molar-refractivity contribution is -0.167. The summed E-state index contributed by atoms with van der Waals surface area (Å²) in [7, 11) is 0. The largest absolute Gasteiger partial charge is 0.462 e. The van der Waals surface area contributed by atoms with Gasteiger partial charge in [0.2, 0.25) is 0 Å². The monoisotopic (exact) mass is 1090 g/mol. The van der Waals surface area contributed by atoms with Crippen LogP contribution in [0.2, 0.25) is 0 Å². The Hall–Kier alpha value is -1.59. The van der Waals surface area contributed by atoms with Crippen LogP contribution in [0.25, 0.3) is 0 Å². The molecule has 0 bridgehead atoms. The summed E-state index contributed by atoms with van der Waals surface area (Å²) >= 11 is 0. The zero-order valence-corrected chi connectivity index (χ0v) is 53.1. The second-order valence-corrected chi connectivity index (χ2v) is 25.2. The van der Waals surface area contributed by atoms with Crippen molar-refractivity contribution >= 4 is 17.9 Å². The fourth-order valence-electron chi connectivity index (χ4n) is 11.1. The van der Waals surface area contributed by atoms with Crippen molar-refractivity contribution in [1.82, 2.24) is 0 Å². The molecule has 1 unspecified atom stereocenters. The molecule has 0 radical (unpaired) electrons. The second kappa shape index (κ2) is 63.6. The van der Waals surface area contributed by atoms with Crippen molar-refractivity contribution < 1.29 is 28.6 Å². The summed E-state index contributed by atoms with van der Waals surface area (Å²) in [5.74, 6) is 0.938. The van der Waals surface area contributed by atoms with Gasteiger partial charge in [-0.15, -0.1) is 0 Å². The van der Waals surface area contributed by atoms with E-state index in [2.05, 4.69) is 34.6 Å². The summed E-state index contributed by atoms with van der Waals surface area (Å²) in [6, 6.07) is 0. The van der Waals surface area contributed by atoms with Gasteiger partial charge in [-0.05, 0) is 31.1 Å². The van der Waals surface area contributed by atoms with E-state index in [1.165, 1.54) is 295 Å². The predicted molar refractivity (Wildman–Crippen MR) is 335 cm³/mol. The Labute approximate surface area is 482 Å². The fraction of sp³-hybridized carbons (Fsp3) is 0.958. The highest BCUT2D eigenvalue weighted by atomic mass is 16.6. The highest BCUT2D eigenvalue weighted by Crippen LogP contribution is 2.20. The number of hydrogen-bond donors (Lipinski definition) is 0. The minimum Gasteiger partial charge on any atom is -0.462 e. The van der Waals surface area contributed by atoms with E-state index in [4.69, 9.17) is 14.2 Å². The third-order valence-corrected chi connectivity index (χ3v) is 16.8. The standard InChI is InChI=1S/C71H138O6/c1-6-8-9-10-11-12-13-14-15-16-20-26-31-36-41-46-51-56-61-69(72)75-64-68(77-71(74)63-58-53-48-43-38-33-28-23-22-24-29-34-39-44-49-54-59-66(3)4)65-76-70(73)62-57-52-47-42-37-32-27-21-18-17-19-25-30-35-40-45-50-55-60-67(5)7-2/h66-68H,6-65H2,1-5H3/t67?,68-/m0/s1. The molecule has 0 rings (SSSR count). The van der Waals surface area contributed by atoms with Crippen LogP contribution in [-0.4, -0.2) is 37.2 Å². The summed E-state index contributed by atoms with van der Waals surface area (Å²) in [6.45, 7) is 11.5. The molecular formula is C71H138O6. The molecule has 0 aliphatic rings. The van der Waals surface area contributed by atoms with E-state index in [1.54, 1.807) is 0 Å². The van der Waals surface area contributed by atoms with Crippen LogP contribution in [0.1, 0.15) is 407 Å². The lowest BCUT2D eigenvalue weighted by Crippen LogP contribution is -2.30. The Bertz CT molecular complexity index is 1180. The fourth-order valence-corrected chi connectivity index (χ4v) is 11.1. The Balaban J connectivity index is 4.27. The maximum atomic E-state index is 13.0. The maximum Gasteiger partial charge on any atom is 0.306 e. The summed E-state index contributed by atoms with van der Waals surface area (Å²) in [6.07, 6.45) is 72.5. The van der Waals surface area contributed by atoms with Crippen molar-refractivity contribution in [2.75, 3.05) is 13.2 Å². The van der Waals surface area contributed by atoms with Crippen molar-refractivity contribution in [3.8, 4) is 0 Å². The van der Waals surface area contributed by atoms with E-state index >= 15 is 0 Å². The first-order chi connectivity index (χ1) is 37.8. The zero-order valence-electron chi connectivity index (χ0n) is 53.1. The number of rotatable bonds is 65. The zero-order chi connectivity index (χ0) is 56.0. The molecule has 0 saturated carbocycles. The van der Waals surface area contributed by atoms with Gasteiger partial charge in [-0.3, -0.25) is 14.4 Å². The first kappa shape index (κ1) is 75.4. The minimum absolute atomic E-state index is 0.0611. The molecule has 458 valence electrons. The number of hydrogen-bond acceptors (Lipinski definition) is 6. The number of unbranched alkanes of at least 4 members (excludes halogenated alkanes) is 49. The molecule has 0 aliphatic carbocycles. The Morgan fingerprint density at radius 3 is 0.740 bits per heavy atom. The van der Waals surface area contributed by atoms with Crippen LogP contribution < -0.4 is 0 Å². The van der Waals surface area contributed by atoms with Gasteiger partial charge in [0.15, 0.2) is 6.10 Å². The smallest absolute Gasteiger partial charge is 0.306 e. The average molecular weight is 1090 g/mol. The van der Waals surface area contributed by atoms with Crippen LogP contribution in [-0.2, 0) is 28.6 Å². The minimum atomic E-state index is -0.765. The van der Waals surface area contributed by atoms with Crippen LogP contribution in [0.4, 0.5) is 0 Å². The van der Waals surface area contributed by atoms with Crippen molar-refractivity contribution in [3.05, 3.63) is 0 Å². The molecule has 0 aromatic heterocycles. The van der Waals surface area contributed by atoms with Gasteiger partial charge in [-0.25, -0.2) is 0 Å². The first-order valence-electron chi connectivity index (χ1n) is 35.3. The van der Waals surface area contributed by atoms with Crippen molar-refractivity contribution in [1.29, 1.82) is 0 Å². The molecule has 2 atom stereocenters. The normalized spacial score (nSPS) is 12.4. The summed E-state index contributed by atoms with van der Waals surface area (Å²) in [5.41, 5.74) is 0. The quantitative estimate of drug-likeness (QED) is 0.0343. The van der Waals surface area contributed by atoms with Gasteiger partial charge in [0.05, 0.1) is 0 Å². The molecule has 0 N–H and O–H groups in total. The van der Waals surface area contributed by atoms with E-state index in [9.17, 15) is 14.4 Å². The van der Waals surface area contributed by atoms with Gasteiger partial charge in [-0.2, -0.15) is 0 Å². The molecule has 0 aliphatic heterocycles. The van der Waals surface area contributed by atoms with Gasteiger partial charge in [0.1, 0.15) is 13.2 Å². The molecule has 6 heteroatoms. The molecule has 0 amide bonds. The number of esters is 3. The number of carbonyl (C=O) groups is 3. The van der Waals surface area contributed by atoms with E-state index < -0.39 is 6.10 Å². The highest BCUT2D eigenvalue weighted by molar-refractivity contribution is 5.71. The molecule has 6 nitrogen and oxygen atoms in total. The van der Waals surface area contributed by atoms with Crippen LogP contribution >= 0.6 is 0 Å². The molecular weight excluding hydrogens is 949 g/mol. The van der Waals surface area contributed by atoms with Crippen LogP contribution in [0.3, 0.4) is 0 Å². The van der Waals surface area contributed by atoms with E-state index in [-0.39, 0.29) is 31.1 Å². The lowest BCUT2D eigenvalue weighted by Gasteiger charge is -2.18. The molecule has 0 aromatic carbocycles. The number of ether oxygens (including phenoxy) is 3. The molecule has 77 heavy (non-hydrogen) atoms. The van der Waals surface area contributed by atoms with Gasteiger partial charge in [-0.1, -0.05) is 369 Å². The van der Waals surface area contributed by atoms with Crippen LogP contribution in [0.5, 0.6) is 0 Å². The van der Waals surface area contributed by atoms with Crippen molar-refractivity contribution in [2.45, 2.75) is 413 Å². The Kier molecular flexibility index (Phi) is 62.3. The average Bonchev–Trinajstić information content (AvgIpc) is 3.42. The Morgan fingerprint density at radius 2 is 0.494 bits per heavy atom. The highest BCUT2D eigenvalue weighted by Gasteiger charge is 2.20. The van der Waals surface area contributed by atoms with Crippen LogP contribution in [0, 0.1) is 11.8 Å². The SMILES string of the molecule is CCCCCCCCCCCCCCCCCCCCC(=O)OC[C@@H](COC(=O)CCCCCCCCCCCCCCCCCCCCC(C)CC)OC(=O)CCCCCCCCCCCCCCCCCCC(C)C. The second-order valence-electron chi connectivity index (χ2n) is 25.2. The van der Waals surface area contributed by atoms with E-state index in [0.29, 0.717) is 19.3 Å². The van der Waals surface area contributed by atoms with Crippen LogP contribution in [0.15, 0.2) is 0 Å². The predicted octanol–water partition coefficient (Wildman–Crippen LogP) is 23.9. The summed E-state index contributed by atoms with van der Waals surface area (Å²) in [5, 5.41) is 0. The third kappa shape index (κ3) is 63.5. The molecule has 0 fully saturated rings. The van der Waals surface area contributed by atoms with Gasteiger partial charge in [0, 0.05) is 19.3 Å². The first-order valence-corrected chi connectivity index (χ1v) is 35.3. The molecule has 0 heterocycles. The van der Waals surface area contributed by atoms with Crippen molar-refractivity contribution in [3.63, 3.8) is 0 Å². The van der Waals surface area contributed by atoms with E-state index in [1.807, 2.05) is 0 Å². The van der Waals surface area contributed by atoms with Gasteiger partial charge >= 0.3 is 17.9 Å². The van der Waals surface area contributed by atoms with E-state index in [0.717, 1.165) is 69.6 Å². The van der Waals surface area contributed by atoms with Gasteiger partial charge < -0.3 is 14.2 Å². The summed E-state index contributed by atoms with van der Waals surface area (Å²) in [4.78, 5) is 38.5. The number of carbonyl (C=O) groups excluding carboxylic acids is 3. The Morgan fingerprint density at radius 1 is 0.273 bits per heavy atom. The molecule has 0 aromatic rings.